The number of nitrogens with zero attached hydrogens (tertiary/aromatic N) is 2. The van der Waals surface area contributed by atoms with Crippen molar-refractivity contribution in [2.75, 3.05) is 0 Å². The van der Waals surface area contributed by atoms with E-state index in [-0.39, 0.29) is 6.01 Å². The van der Waals surface area contributed by atoms with Crippen LogP contribution in [0.4, 0.5) is 0 Å². The molecule has 0 amide bonds. The Labute approximate surface area is 181 Å². The molecule has 0 saturated carbocycles. The molecule has 0 aliphatic rings. The summed E-state index contributed by atoms with van der Waals surface area (Å²) < 4.78 is 5.14. The van der Waals surface area contributed by atoms with Crippen molar-refractivity contribution in [3.05, 3.63) is 103 Å². The summed E-state index contributed by atoms with van der Waals surface area (Å²) in [5.41, 5.74) is 5.65. The third-order valence-electron chi connectivity index (χ3n) is 5.22. The lowest BCUT2D eigenvalue weighted by Gasteiger charge is -2.11. The molecule has 0 aliphatic carbocycles. The lowest BCUT2D eigenvalue weighted by molar-refractivity contribution is 0.431. The summed E-state index contributed by atoms with van der Waals surface area (Å²) in [5, 5.41) is 11.4. The molecule has 0 spiro atoms. The minimum absolute atomic E-state index is 0.0927. The van der Waals surface area contributed by atoms with Crippen molar-refractivity contribution >= 4 is 18.5 Å². The lowest BCUT2D eigenvalue weighted by Crippen LogP contribution is -2.05. The summed E-state index contributed by atoms with van der Waals surface area (Å²) in [7, 11) is 0.602. The SMILES string of the molecule is O[B]Oc1nc(-c2ccc(-c3ccccc3)cc2)cc(-c2cccc3ccccc23)n1. The maximum atomic E-state index is 9.15. The third-order valence-corrected chi connectivity index (χ3v) is 5.22. The van der Waals surface area contributed by atoms with Crippen molar-refractivity contribution in [2.24, 2.45) is 0 Å². The highest BCUT2D eigenvalue weighted by molar-refractivity contribution is 6.17. The Morgan fingerprint density at radius 2 is 1.26 bits per heavy atom. The minimum atomic E-state index is 0.0927. The predicted molar refractivity (Wildman–Crippen MR) is 124 cm³/mol. The fourth-order valence-electron chi connectivity index (χ4n) is 3.72. The van der Waals surface area contributed by atoms with Crippen LogP contribution in [0.1, 0.15) is 0 Å². The highest BCUT2D eigenvalue weighted by atomic mass is 16.5. The molecule has 0 fully saturated rings. The van der Waals surface area contributed by atoms with Crippen LogP contribution in [0.2, 0.25) is 0 Å². The Bertz CT molecular complexity index is 1330. The summed E-state index contributed by atoms with van der Waals surface area (Å²) >= 11 is 0. The average molecular weight is 401 g/mol. The smallest absolute Gasteiger partial charge is 0.509 e. The fraction of sp³-hybridized carbons (Fsp3) is 0. The van der Waals surface area contributed by atoms with Crippen molar-refractivity contribution in [1.82, 2.24) is 9.97 Å². The molecular formula is C26H18BN2O2. The zero-order valence-electron chi connectivity index (χ0n) is 16.6. The van der Waals surface area contributed by atoms with Crippen LogP contribution in [0.25, 0.3) is 44.4 Å². The number of fused-ring (bicyclic) bond motifs is 1. The van der Waals surface area contributed by atoms with E-state index in [0.717, 1.165) is 44.4 Å². The summed E-state index contributed by atoms with van der Waals surface area (Å²) in [5.74, 6) is 0. The highest BCUT2D eigenvalue weighted by Crippen LogP contribution is 2.31. The first-order chi connectivity index (χ1) is 15.3. The molecule has 0 unspecified atom stereocenters. The van der Waals surface area contributed by atoms with Gasteiger partial charge in [0.25, 0.3) is 0 Å². The molecular weight excluding hydrogens is 383 g/mol. The van der Waals surface area contributed by atoms with Gasteiger partial charge in [0, 0.05) is 11.1 Å². The molecule has 0 saturated heterocycles. The largest absolute Gasteiger partial charge is 0.571 e. The van der Waals surface area contributed by atoms with Crippen LogP contribution in [0, 0.1) is 0 Å². The van der Waals surface area contributed by atoms with Gasteiger partial charge in [-0.1, -0.05) is 97.1 Å². The number of hydrogen-bond acceptors (Lipinski definition) is 4. The molecule has 1 aromatic heterocycles. The molecule has 0 atom stereocenters. The number of aromatic nitrogens is 2. The zero-order valence-corrected chi connectivity index (χ0v) is 16.6. The monoisotopic (exact) mass is 401 g/mol. The van der Waals surface area contributed by atoms with E-state index in [1.54, 1.807) is 0 Å². The van der Waals surface area contributed by atoms with Crippen molar-refractivity contribution < 1.29 is 9.68 Å². The Morgan fingerprint density at radius 1 is 0.613 bits per heavy atom. The van der Waals surface area contributed by atoms with Gasteiger partial charge in [-0.2, -0.15) is 9.97 Å². The fourth-order valence-corrected chi connectivity index (χ4v) is 3.72. The van der Waals surface area contributed by atoms with E-state index in [1.165, 1.54) is 0 Å². The summed E-state index contributed by atoms with van der Waals surface area (Å²) in [4.78, 5) is 8.99. The van der Waals surface area contributed by atoms with Crippen LogP contribution in [0.3, 0.4) is 0 Å². The van der Waals surface area contributed by atoms with Crippen LogP contribution in [0.5, 0.6) is 6.01 Å². The van der Waals surface area contributed by atoms with E-state index in [9.17, 15) is 0 Å². The quantitative estimate of drug-likeness (QED) is 0.393. The van der Waals surface area contributed by atoms with Crippen molar-refractivity contribution in [3.8, 4) is 39.7 Å². The maximum Gasteiger partial charge on any atom is 0.571 e. The van der Waals surface area contributed by atoms with Crippen LogP contribution in [0.15, 0.2) is 103 Å². The van der Waals surface area contributed by atoms with Crippen LogP contribution >= 0.6 is 0 Å². The van der Waals surface area contributed by atoms with Gasteiger partial charge in [-0.15, -0.1) is 0 Å². The van der Waals surface area contributed by atoms with Crippen LogP contribution in [-0.4, -0.2) is 22.7 Å². The predicted octanol–water partition coefficient (Wildman–Crippen LogP) is 5.54. The van der Waals surface area contributed by atoms with Gasteiger partial charge < -0.3 is 9.68 Å². The highest BCUT2D eigenvalue weighted by Gasteiger charge is 2.12. The standard InChI is InChI=1S/C26H18BN2O2/c30-27-31-26-28-24(21-15-13-19(14-16-21)18-7-2-1-3-8-18)17-25(29-26)23-12-6-10-20-9-4-5-11-22(20)23/h1-17,30H. The van der Waals surface area contributed by atoms with Crippen molar-refractivity contribution in [2.45, 2.75) is 0 Å². The molecule has 5 rings (SSSR count). The second-order valence-electron chi connectivity index (χ2n) is 7.11. The average Bonchev–Trinajstić information content (AvgIpc) is 2.84. The normalized spacial score (nSPS) is 10.7. The van der Waals surface area contributed by atoms with Gasteiger partial charge in [0.2, 0.25) is 0 Å². The van der Waals surface area contributed by atoms with Crippen LogP contribution in [-0.2, 0) is 0 Å². The molecule has 5 aromatic rings. The maximum absolute atomic E-state index is 9.15. The Balaban J connectivity index is 1.60. The van der Waals surface area contributed by atoms with Crippen molar-refractivity contribution in [3.63, 3.8) is 0 Å². The van der Waals surface area contributed by atoms with Gasteiger partial charge in [0.1, 0.15) is 0 Å². The number of benzene rings is 4. The summed E-state index contributed by atoms with van der Waals surface area (Å²) in [6, 6.07) is 34.7. The van der Waals surface area contributed by atoms with Crippen molar-refractivity contribution in [1.29, 1.82) is 0 Å². The second kappa shape index (κ2) is 8.42. The molecule has 5 heteroatoms. The Hall–Kier alpha value is -3.96. The summed E-state index contributed by atoms with van der Waals surface area (Å²) in [6.07, 6.45) is 0. The molecule has 1 radical (unpaired) electrons. The minimum Gasteiger partial charge on any atom is -0.509 e. The second-order valence-corrected chi connectivity index (χ2v) is 7.11. The number of hydrogen-bond donors (Lipinski definition) is 1. The molecule has 0 bridgehead atoms. The van der Waals surface area contributed by atoms with E-state index < -0.39 is 0 Å². The first kappa shape index (κ1) is 19.0. The van der Waals surface area contributed by atoms with E-state index in [1.807, 2.05) is 60.7 Å². The van der Waals surface area contributed by atoms with Gasteiger partial charge in [-0.25, -0.2) is 0 Å². The first-order valence-corrected chi connectivity index (χ1v) is 9.97. The Kier molecular flexibility index (Phi) is 5.17. The first-order valence-electron chi connectivity index (χ1n) is 9.97. The molecule has 4 aromatic carbocycles. The summed E-state index contributed by atoms with van der Waals surface area (Å²) in [6.45, 7) is 0. The van der Waals surface area contributed by atoms with Gasteiger partial charge in [0.15, 0.2) is 0 Å². The molecule has 0 aliphatic heterocycles. The van der Waals surface area contributed by atoms with Gasteiger partial charge in [-0.3, -0.25) is 0 Å². The van der Waals surface area contributed by atoms with Gasteiger partial charge in [-0.05, 0) is 28.0 Å². The third kappa shape index (κ3) is 3.91. The molecule has 1 N–H and O–H groups in total. The van der Waals surface area contributed by atoms with E-state index >= 15 is 0 Å². The van der Waals surface area contributed by atoms with Gasteiger partial charge in [0.05, 0.1) is 11.4 Å². The molecule has 147 valence electrons. The van der Waals surface area contributed by atoms with Gasteiger partial charge >= 0.3 is 13.7 Å². The Morgan fingerprint density at radius 3 is 2.06 bits per heavy atom. The lowest BCUT2D eigenvalue weighted by atomic mass is 10.00. The zero-order chi connectivity index (χ0) is 21.0. The molecule has 4 nitrogen and oxygen atoms in total. The number of rotatable bonds is 5. The van der Waals surface area contributed by atoms with E-state index in [4.69, 9.17) is 9.68 Å². The van der Waals surface area contributed by atoms with Crippen LogP contribution < -0.4 is 4.65 Å². The van der Waals surface area contributed by atoms with E-state index in [2.05, 4.69) is 52.4 Å². The van der Waals surface area contributed by atoms with E-state index in [0.29, 0.717) is 7.69 Å². The molecule has 1 heterocycles. The molecule has 31 heavy (non-hydrogen) atoms. The topological polar surface area (TPSA) is 55.2 Å².